The molecule has 0 atom stereocenters. The number of halogens is 1. The van der Waals surface area contributed by atoms with E-state index in [1.54, 1.807) is 17.5 Å². The van der Waals surface area contributed by atoms with Crippen molar-refractivity contribution >= 4 is 29.6 Å². The molecule has 2 heterocycles. The lowest BCUT2D eigenvalue weighted by Crippen LogP contribution is -2.35. The highest BCUT2D eigenvalue weighted by atomic mass is 35.5. The number of hydrogen-bond acceptors (Lipinski definition) is 4. The summed E-state index contributed by atoms with van der Waals surface area (Å²) in [5.41, 5.74) is 10.2. The van der Waals surface area contributed by atoms with Gasteiger partial charge >= 0.3 is 0 Å². The molecule has 2 aromatic heterocycles. The maximum absolute atomic E-state index is 5.87. The molecule has 0 aliphatic rings. The quantitative estimate of drug-likeness (QED) is 0.848. The molecule has 0 bridgehead atoms. The summed E-state index contributed by atoms with van der Waals surface area (Å²) in [5.74, 6) is 1.28. The van der Waals surface area contributed by atoms with Gasteiger partial charge in [-0.1, -0.05) is 11.3 Å². The summed E-state index contributed by atoms with van der Waals surface area (Å²) >= 11 is 1.74. The second kappa shape index (κ2) is 5.42. The van der Waals surface area contributed by atoms with Crippen molar-refractivity contribution in [3.8, 4) is 0 Å². The zero-order chi connectivity index (χ0) is 11.7. The second-order valence-corrected chi connectivity index (χ2v) is 4.88. The Labute approximate surface area is 111 Å². The van der Waals surface area contributed by atoms with Gasteiger partial charge in [0.2, 0.25) is 5.51 Å². The van der Waals surface area contributed by atoms with Gasteiger partial charge in [-0.15, -0.1) is 12.4 Å². The van der Waals surface area contributed by atoms with E-state index in [1.165, 1.54) is 10.6 Å². The summed E-state index contributed by atoms with van der Waals surface area (Å²) in [4.78, 5) is 9.66. The molecule has 92 valence electrons. The molecular formula is C11H16ClN4S+. The van der Waals surface area contributed by atoms with Crippen LogP contribution in [0, 0.1) is 20.8 Å². The minimum absolute atomic E-state index is 0. The summed E-state index contributed by atoms with van der Waals surface area (Å²) in [6.45, 7) is 6.80. The van der Waals surface area contributed by atoms with E-state index < -0.39 is 0 Å². The fraction of sp³-hybridized carbons (Fsp3) is 0.364. The van der Waals surface area contributed by atoms with Gasteiger partial charge in [0.05, 0.1) is 10.4 Å². The van der Waals surface area contributed by atoms with E-state index >= 15 is 0 Å². The molecule has 6 heteroatoms. The maximum Gasteiger partial charge on any atom is 0.225 e. The lowest BCUT2D eigenvalue weighted by Gasteiger charge is -2.01. The van der Waals surface area contributed by atoms with E-state index in [0.717, 1.165) is 12.1 Å². The van der Waals surface area contributed by atoms with Crippen molar-refractivity contribution in [3.63, 3.8) is 0 Å². The Morgan fingerprint density at radius 3 is 2.59 bits per heavy atom. The van der Waals surface area contributed by atoms with E-state index in [4.69, 9.17) is 5.73 Å². The Morgan fingerprint density at radius 2 is 2.06 bits per heavy atom. The van der Waals surface area contributed by atoms with Gasteiger partial charge in [-0.2, -0.15) is 4.57 Å². The number of nitrogens with zero attached hydrogens (tertiary/aromatic N) is 3. The molecule has 0 aliphatic heterocycles. The van der Waals surface area contributed by atoms with Crippen LogP contribution in [0.4, 0.5) is 5.82 Å². The number of aryl methyl sites for hydroxylation is 2. The standard InChI is InChI=1S/C11H15N4S.ClH/c1-7-8(2)16-6-15(7)5-10-4-13-9(3)14-11(10)12;/h4,6H,5H2,1-3H3,(H2,12,13,14);1H/q+1;. The fourth-order valence-electron chi connectivity index (χ4n) is 1.48. The van der Waals surface area contributed by atoms with Crippen LogP contribution >= 0.6 is 23.7 Å². The molecule has 0 radical (unpaired) electrons. The zero-order valence-corrected chi connectivity index (χ0v) is 11.7. The third-order valence-electron chi connectivity index (χ3n) is 2.66. The minimum Gasteiger partial charge on any atom is -0.383 e. The minimum atomic E-state index is 0. The molecule has 0 fully saturated rings. The van der Waals surface area contributed by atoms with Gasteiger partial charge in [0.1, 0.15) is 11.6 Å². The normalized spacial score (nSPS) is 10.1. The molecule has 0 amide bonds. The average molecular weight is 272 g/mol. The van der Waals surface area contributed by atoms with Crippen molar-refractivity contribution in [1.29, 1.82) is 0 Å². The lowest BCUT2D eigenvalue weighted by molar-refractivity contribution is -0.689. The van der Waals surface area contributed by atoms with Gasteiger partial charge < -0.3 is 5.73 Å². The van der Waals surface area contributed by atoms with Crippen LogP contribution in [0.15, 0.2) is 11.7 Å². The van der Waals surface area contributed by atoms with E-state index in [0.29, 0.717) is 11.6 Å². The predicted octanol–water partition coefficient (Wildman–Crippen LogP) is 1.80. The monoisotopic (exact) mass is 271 g/mol. The summed E-state index contributed by atoms with van der Waals surface area (Å²) in [6, 6.07) is 0. The van der Waals surface area contributed by atoms with Crippen LogP contribution < -0.4 is 10.3 Å². The van der Waals surface area contributed by atoms with Crippen molar-refractivity contribution in [2.75, 3.05) is 5.73 Å². The molecule has 0 aromatic carbocycles. The fourth-order valence-corrected chi connectivity index (χ4v) is 2.29. The van der Waals surface area contributed by atoms with Crippen molar-refractivity contribution in [2.45, 2.75) is 27.3 Å². The molecule has 0 aliphatic carbocycles. The zero-order valence-electron chi connectivity index (χ0n) is 10.1. The van der Waals surface area contributed by atoms with Crippen molar-refractivity contribution in [1.82, 2.24) is 9.97 Å². The molecule has 0 saturated heterocycles. The van der Waals surface area contributed by atoms with Crippen molar-refractivity contribution in [2.24, 2.45) is 0 Å². The third-order valence-corrected chi connectivity index (χ3v) is 3.67. The van der Waals surface area contributed by atoms with Crippen molar-refractivity contribution < 1.29 is 4.57 Å². The highest BCUT2D eigenvalue weighted by Crippen LogP contribution is 2.11. The van der Waals surface area contributed by atoms with Crippen LogP contribution in [0.2, 0.25) is 0 Å². The predicted molar refractivity (Wildman–Crippen MR) is 71.5 cm³/mol. The van der Waals surface area contributed by atoms with Gasteiger partial charge in [0, 0.05) is 13.1 Å². The van der Waals surface area contributed by atoms with Crippen molar-refractivity contribution in [3.05, 3.63) is 33.7 Å². The van der Waals surface area contributed by atoms with Crippen LogP contribution in [-0.2, 0) is 6.54 Å². The smallest absolute Gasteiger partial charge is 0.225 e. The molecule has 0 unspecified atom stereocenters. The van der Waals surface area contributed by atoms with E-state index in [-0.39, 0.29) is 12.4 Å². The number of rotatable bonds is 2. The largest absolute Gasteiger partial charge is 0.383 e. The van der Waals surface area contributed by atoms with Gasteiger partial charge in [0.25, 0.3) is 0 Å². The number of thiazole rings is 1. The van der Waals surface area contributed by atoms with Gasteiger partial charge in [-0.25, -0.2) is 9.97 Å². The highest BCUT2D eigenvalue weighted by Gasteiger charge is 2.14. The van der Waals surface area contributed by atoms with Gasteiger partial charge in [-0.3, -0.25) is 0 Å². The summed E-state index contributed by atoms with van der Waals surface area (Å²) < 4.78 is 2.17. The van der Waals surface area contributed by atoms with Crippen LogP contribution in [0.5, 0.6) is 0 Å². The maximum atomic E-state index is 5.87. The highest BCUT2D eigenvalue weighted by molar-refractivity contribution is 7.09. The number of anilines is 1. The Bertz CT molecular complexity index is 524. The Morgan fingerprint density at radius 1 is 1.35 bits per heavy atom. The number of nitrogen functional groups attached to an aromatic ring is 1. The average Bonchev–Trinajstić information content (AvgIpc) is 2.54. The molecule has 2 aromatic rings. The Kier molecular flexibility index (Phi) is 4.42. The van der Waals surface area contributed by atoms with E-state index in [2.05, 4.69) is 33.9 Å². The first-order valence-electron chi connectivity index (χ1n) is 5.10. The molecule has 17 heavy (non-hydrogen) atoms. The van der Waals surface area contributed by atoms with Crippen LogP contribution in [0.1, 0.15) is 22.0 Å². The Balaban J connectivity index is 0.00000144. The number of nitrogens with two attached hydrogens (primary N) is 1. The Hall–Kier alpha value is -1.20. The van der Waals surface area contributed by atoms with E-state index in [1.807, 2.05) is 6.92 Å². The SMILES string of the molecule is Cc1ncc(C[n+]2csc(C)c2C)c(N)n1.Cl. The third kappa shape index (κ3) is 2.92. The first-order valence-corrected chi connectivity index (χ1v) is 5.98. The molecule has 2 N–H and O–H groups in total. The molecule has 0 saturated carbocycles. The first kappa shape index (κ1) is 13.9. The van der Waals surface area contributed by atoms with Crippen LogP contribution in [0.3, 0.4) is 0 Å². The number of aromatic nitrogens is 3. The second-order valence-electron chi connectivity index (χ2n) is 3.82. The summed E-state index contributed by atoms with van der Waals surface area (Å²) in [6.07, 6.45) is 1.80. The van der Waals surface area contributed by atoms with Gasteiger partial charge in [0.15, 0.2) is 12.2 Å². The van der Waals surface area contributed by atoms with Crippen LogP contribution in [0.25, 0.3) is 0 Å². The van der Waals surface area contributed by atoms with Crippen LogP contribution in [-0.4, -0.2) is 9.97 Å². The molecule has 2 rings (SSSR count). The molecule has 4 nitrogen and oxygen atoms in total. The summed E-state index contributed by atoms with van der Waals surface area (Å²) in [5, 5.41) is 0. The van der Waals surface area contributed by atoms with Gasteiger partial charge in [-0.05, 0) is 13.8 Å². The van der Waals surface area contributed by atoms with E-state index in [9.17, 15) is 0 Å². The summed E-state index contributed by atoms with van der Waals surface area (Å²) in [7, 11) is 0. The first-order chi connectivity index (χ1) is 7.58. The lowest BCUT2D eigenvalue weighted by atomic mass is 10.3. The topological polar surface area (TPSA) is 55.7 Å². The molecular weight excluding hydrogens is 256 g/mol. The molecule has 0 spiro atoms. The number of hydrogen-bond donors (Lipinski definition) is 1.